The Kier molecular flexibility index (Phi) is 8.64. The number of aliphatic hydroxyl groups excluding tert-OH is 1. The molecule has 0 spiro atoms. The number of hydrogen-bond acceptors (Lipinski definition) is 6. The molecule has 2 heterocycles. The first kappa shape index (κ1) is 25.2. The van der Waals surface area contributed by atoms with E-state index >= 15 is 0 Å². The number of carbonyl (C=O) groups excluding carboxylic acids is 1. The summed E-state index contributed by atoms with van der Waals surface area (Å²) in [5.41, 5.74) is 2.36. The summed E-state index contributed by atoms with van der Waals surface area (Å²) in [6.07, 6.45) is 2.47. The van der Waals surface area contributed by atoms with Crippen molar-refractivity contribution in [2.45, 2.75) is 58.2 Å². The zero-order chi connectivity index (χ0) is 24.1. The molecule has 0 saturated heterocycles. The van der Waals surface area contributed by atoms with Crippen molar-refractivity contribution in [3.63, 3.8) is 0 Å². The van der Waals surface area contributed by atoms with Gasteiger partial charge in [-0.3, -0.25) is 9.69 Å². The van der Waals surface area contributed by atoms with Crippen molar-refractivity contribution in [1.29, 1.82) is 0 Å². The van der Waals surface area contributed by atoms with Crippen LogP contribution in [0.2, 0.25) is 0 Å². The van der Waals surface area contributed by atoms with Crippen molar-refractivity contribution in [3.05, 3.63) is 51.7 Å². The van der Waals surface area contributed by atoms with Crippen LogP contribution in [0, 0.1) is 12.8 Å². The zero-order valence-electron chi connectivity index (χ0n) is 20.6. The monoisotopic (exact) mass is 486 g/mol. The number of benzene rings is 1. The molecule has 0 bridgehead atoms. The van der Waals surface area contributed by atoms with Crippen LogP contribution in [0.5, 0.6) is 5.75 Å². The third-order valence-electron chi connectivity index (χ3n) is 6.42. The maximum absolute atomic E-state index is 13.6. The number of fused-ring (bicyclic) bond motifs is 1. The number of aryl methyl sites for hydroxylation is 1. The SMILES string of the molecule is Cc1cccc(OC[C@H]2c3ccsc3CCN2C(=O)CN(C[C@@H](O)COCC(C)C)C2CC2)c1. The summed E-state index contributed by atoms with van der Waals surface area (Å²) in [7, 11) is 0. The Balaban J connectivity index is 1.40. The van der Waals surface area contributed by atoms with Crippen LogP contribution in [0.15, 0.2) is 35.7 Å². The van der Waals surface area contributed by atoms with Gasteiger partial charge in [-0.2, -0.15) is 0 Å². The smallest absolute Gasteiger partial charge is 0.237 e. The molecule has 1 aromatic carbocycles. The quantitative estimate of drug-likeness (QED) is 0.490. The molecule has 1 saturated carbocycles. The number of thiophene rings is 1. The molecule has 1 amide bonds. The molecule has 186 valence electrons. The second-order valence-corrected chi connectivity index (χ2v) is 11.0. The molecular weight excluding hydrogens is 448 g/mol. The maximum Gasteiger partial charge on any atom is 0.237 e. The minimum atomic E-state index is -0.586. The number of ether oxygens (including phenoxy) is 2. The molecule has 1 fully saturated rings. The van der Waals surface area contributed by atoms with Gasteiger partial charge in [-0.1, -0.05) is 26.0 Å². The molecule has 1 aliphatic heterocycles. The average molecular weight is 487 g/mol. The van der Waals surface area contributed by atoms with Crippen LogP contribution in [0.1, 0.15) is 48.7 Å². The maximum atomic E-state index is 13.6. The van der Waals surface area contributed by atoms with E-state index in [2.05, 4.69) is 43.2 Å². The van der Waals surface area contributed by atoms with Crippen molar-refractivity contribution in [3.8, 4) is 5.75 Å². The molecule has 2 atom stereocenters. The third-order valence-corrected chi connectivity index (χ3v) is 7.42. The lowest BCUT2D eigenvalue weighted by Gasteiger charge is -2.37. The molecule has 34 heavy (non-hydrogen) atoms. The summed E-state index contributed by atoms with van der Waals surface area (Å²) in [4.78, 5) is 19.0. The van der Waals surface area contributed by atoms with Gasteiger partial charge in [0.2, 0.25) is 5.91 Å². The summed E-state index contributed by atoms with van der Waals surface area (Å²) < 4.78 is 11.8. The Morgan fingerprint density at radius 1 is 1.26 bits per heavy atom. The minimum absolute atomic E-state index is 0.0941. The van der Waals surface area contributed by atoms with Crippen molar-refractivity contribution in [2.75, 3.05) is 39.5 Å². The van der Waals surface area contributed by atoms with Crippen LogP contribution >= 0.6 is 11.3 Å². The molecule has 4 rings (SSSR count). The highest BCUT2D eigenvalue weighted by Crippen LogP contribution is 2.35. The molecule has 7 heteroatoms. The highest BCUT2D eigenvalue weighted by atomic mass is 32.1. The average Bonchev–Trinajstić information content (AvgIpc) is 3.53. The molecule has 1 aromatic heterocycles. The van der Waals surface area contributed by atoms with E-state index in [0.717, 1.165) is 30.6 Å². The van der Waals surface area contributed by atoms with E-state index in [1.165, 1.54) is 10.4 Å². The van der Waals surface area contributed by atoms with Gasteiger partial charge < -0.3 is 19.5 Å². The minimum Gasteiger partial charge on any atom is -0.491 e. The van der Waals surface area contributed by atoms with E-state index in [1.807, 2.05) is 23.1 Å². The summed E-state index contributed by atoms with van der Waals surface area (Å²) in [5, 5.41) is 12.6. The molecule has 2 aliphatic rings. The van der Waals surface area contributed by atoms with Gasteiger partial charge in [0, 0.05) is 30.6 Å². The van der Waals surface area contributed by atoms with E-state index in [9.17, 15) is 9.90 Å². The van der Waals surface area contributed by atoms with Crippen LogP contribution in [-0.4, -0.2) is 72.4 Å². The number of rotatable bonds is 12. The summed E-state index contributed by atoms with van der Waals surface area (Å²) in [5.74, 6) is 1.38. The van der Waals surface area contributed by atoms with Crippen molar-refractivity contribution >= 4 is 17.2 Å². The van der Waals surface area contributed by atoms with E-state index in [4.69, 9.17) is 9.47 Å². The van der Waals surface area contributed by atoms with Crippen LogP contribution < -0.4 is 4.74 Å². The van der Waals surface area contributed by atoms with Crippen molar-refractivity contribution in [2.24, 2.45) is 5.92 Å². The van der Waals surface area contributed by atoms with Gasteiger partial charge in [0.15, 0.2) is 0 Å². The highest BCUT2D eigenvalue weighted by molar-refractivity contribution is 7.10. The molecule has 2 aromatic rings. The first-order valence-corrected chi connectivity index (χ1v) is 13.3. The van der Waals surface area contributed by atoms with Gasteiger partial charge in [0.1, 0.15) is 12.4 Å². The van der Waals surface area contributed by atoms with E-state index < -0.39 is 6.10 Å². The second kappa shape index (κ2) is 11.7. The lowest BCUT2D eigenvalue weighted by Crippen LogP contribution is -2.48. The largest absolute Gasteiger partial charge is 0.491 e. The lowest BCUT2D eigenvalue weighted by molar-refractivity contribution is -0.136. The van der Waals surface area contributed by atoms with Crippen LogP contribution in [-0.2, 0) is 16.0 Å². The summed E-state index contributed by atoms with van der Waals surface area (Å²) >= 11 is 1.76. The third kappa shape index (κ3) is 6.81. The summed E-state index contributed by atoms with van der Waals surface area (Å²) in [6.45, 7) is 9.12. The Morgan fingerprint density at radius 3 is 2.82 bits per heavy atom. The fourth-order valence-electron chi connectivity index (χ4n) is 4.57. The van der Waals surface area contributed by atoms with Gasteiger partial charge in [0.05, 0.1) is 25.3 Å². The first-order valence-electron chi connectivity index (χ1n) is 12.5. The van der Waals surface area contributed by atoms with Gasteiger partial charge in [0.25, 0.3) is 0 Å². The van der Waals surface area contributed by atoms with E-state index in [-0.39, 0.29) is 11.9 Å². The Hall–Kier alpha value is -1.93. The fraction of sp³-hybridized carbons (Fsp3) is 0.593. The molecule has 0 unspecified atom stereocenters. The van der Waals surface area contributed by atoms with Crippen LogP contribution in [0.4, 0.5) is 0 Å². The van der Waals surface area contributed by atoms with Gasteiger partial charge >= 0.3 is 0 Å². The second-order valence-electron chi connectivity index (χ2n) is 10.0. The number of amides is 1. The first-order chi connectivity index (χ1) is 16.4. The molecule has 6 nitrogen and oxygen atoms in total. The van der Waals surface area contributed by atoms with E-state index in [0.29, 0.717) is 51.4 Å². The lowest BCUT2D eigenvalue weighted by atomic mass is 10.0. The Bertz CT molecular complexity index is 942. The molecule has 0 radical (unpaired) electrons. The van der Waals surface area contributed by atoms with E-state index in [1.54, 1.807) is 11.3 Å². The van der Waals surface area contributed by atoms with Crippen LogP contribution in [0.3, 0.4) is 0 Å². The van der Waals surface area contributed by atoms with Gasteiger partial charge in [-0.25, -0.2) is 0 Å². The topological polar surface area (TPSA) is 62.2 Å². The number of aliphatic hydroxyl groups is 1. The Morgan fingerprint density at radius 2 is 2.09 bits per heavy atom. The normalized spacial score (nSPS) is 18.9. The van der Waals surface area contributed by atoms with Crippen molar-refractivity contribution in [1.82, 2.24) is 9.80 Å². The molecule has 1 N–H and O–H groups in total. The predicted molar refractivity (Wildman–Crippen MR) is 135 cm³/mol. The standard InChI is InChI=1S/C27H38N2O4S/c1-19(2)16-32-17-22(30)14-28(21-7-8-21)15-27(31)29-11-9-26-24(10-12-34-26)25(29)18-33-23-6-4-5-20(3)13-23/h4-6,10,12-13,19,21-22,25,30H,7-9,11,14-18H2,1-3H3/t22-,25+/m1/s1. The highest BCUT2D eigenvalue weighted by Gasteiger charge is 2.36. The predicted octanol–water partition coefficient (Wildman–Crippen LogP) is 4.06. The number of nitrogens with zero attached hydrogens (tertiary/aromatic N) is 2. The van der Waals surface area contributed by atoms with Gasteiger partial charge in [-0.05, 0) is 66.8 Å². The van der Waals surface area contributed by atoms with Gasteiger partial charge in [-0.15, -0.1) is 11.3 Å². The summed E-state index contributed by atoms with van der Waals surface area (Å²) in [6, 6.07) is 10.5. The zero-order valence-corrected chi connectivity index (χ0v) is 21.4. The molecular formula is C27H38N2O4S. The van der Waals surface area contributed by atoms with Crippen molar-refractivity contribution < 1.29 is 19.4 Å². The molecule has 1 aliphatic carbocycles. The number of hydrogen-bond donors (Lipinski definition) is 1. The Labute approximate surface area is 207 Å². The number of carbonyl (C=O) groups is 1. The van der Waals surface area contributed by atoms with Crippen LogP contribution in [0.25, 0.3) is 0 Å². The fourth-order valence-corrected chi connectivity index (χ4v) is 5.49.